The summed E-state index contributed by atoms with van der Waals surface area (Å²) in [4.78, 5) is 51.7. The topological polar surface area (TPSA) is 134 Å². The third-order valence-corrected chi connectivity index (χ3v) is 7.87. The van der Waals surface area contributed by atoms with E-state index in [1.165, 1.54) is 22.5 Å². The summed E-state index contributed by atoms with van der Waals surface area (Å²) in [5.41, 5.74) is 1.04. The molecule has 9 nitrogen and oxygen atoms in total. The van der Waals surface area contributed by atoms with Gasteiger partial charge in [0.25, 0.3) is 5.91 Å². The first-order chi connectivity index (χ1) is 21.0. The Hall–Kier alpha value is -5.22. The zero-order chi connectivity index (χ0) is 31.6. The minimum absolute atomic E-state index is 0.0322. The Balaban J connectivity index is 1.55. The molecule has 13 heteroatoms. The molecule has 2 amide bonds. The number of para-hydroxylation sites is 1. The van der Waals surface area contributed by atoms with Gasteiger partial charge in [0.05, 0.1) is 23.0 Å². The number of amides is 2. The maximum Gasteiger partial charge on any atom is 0.416 e. The summed E-state index contributed by atoms with van der Waals surface area (Å²) < 4.78 is 41.0. The zero-order valence-electron chi connectivity index (χ0n) is 22.9. The fourth-order valence-corrected chi connectivity index (χ4v) is 5.66. The van der Waals surface area contributed by atoms with Crippen LogP contribution in [0.3, 0.4) is 0 Å². The van der Waals surface area contributed by atoms with Crippen LogP contribution in [0.5, 0.6) is 0 Å². The molecule has 1 atom stereocenters. The van der Waals surface area contributed by atoms with Crippen LogP contribution in [0.2, 0.25) is 0 Å². The molecule has 0 spiro atoms. The Bertz CT molecular complexity index is 1850. The number of rotatable bonds is 8. The molecule has 0 fully saturated rings. The number of nitrogens with one attached hydrogen (secondary N) is 2. The second kappa shape index (κ2) is 12.2. The summed E-state index contributed by atoms with van der Waals surface area (Å²) in [6, 6.07) is 19.4. The van der Waals surface area contributed by atoms with E-state index >= 15 is 0 Å². The number of halogens is 3. The molecule has 1 unspecified atom stereocenters. The molecule has 44 heavy (non-hydrogen) atoms. The third-order valence-electron chi connectivity index (χ3n) is 6.77. The van der Waals surface area contributed by atoms with E-state index in [4.69, 9.17) is 0 Å². The molecule has 0 saturated heterocycles. The van der Waals surface area contributed by atoms with E-state index in [0.717, 1.165) is 17.0 Å². The number of hydrogen-bond donors (Lipinski definition) is 2. The van der Waals surface area contributed by atoms with Crippen LogP contribution in [0.1, 0.15) is 35.0 Å². The van der Waals surface area contributed by atoms with Gasteiger partial charge < -0.3 is 10.6 Å². The lowest BCUT2D eigenvalue weighted by molar-refractivity contribution is -0.137. The Morgan fingerprint density at radius 3 is 2.41 bits per heavy atom. The van der Waals surface area contributed by atoms with Crippen molar-refractivity contribution in [1.29, 1.82) is 5.26 Å². The van der Waals surface area contributed by atoms with Crippen molar-refractivity contribution in [2.75, 3.05) is 10.6 Å². The number of alkyl halides is 3. The fraction of sp³-hybridized carbons (Fsp3) is 0.161. The predicted octanol–water partition coefficient (Wildman–Crippen LogP) is 6.04. The van der Waals surface area contributed by atoms with Crippen LogP contribution >= 0.6 is 11.8 Å². The average molecular weight is 618 g/mol. The molecule has 4 aromatic rings. The quantitative estimate of drug-likeness (QED) is 0.140. The number of Topliss-reactive ketones (excluding diaryl/α,β-unsaturated/α-hetero) is 2. The number of nitrogens with zero attached hydrogens (tertiary/aromatic N) is 3. The molecule has 1 aliphatic heterocycles. The SMILES string of the molecule is CCC(=O)C(=O)Nc1ccc2c(c1)-c1c(c(C(=O)C(C#N)C(=O)Nc3cccc(C(F)(F)F)c3)nn1-c1ccccc1)CS2. The van der Waals surface area contributed by atoms with E-state index in [2.05, 4.69) is 15.7 Å². The lowest BCUT2D eigenvalue weighted by atomic mass is 9.97. The number of anilines is 2. The summed E-state index contributed by atoms with van der Waals surface area (Å²) in [5, 5.41) is 19.2. The number of benzene rings is 3. The van der Waals surface area contributed by atoms with Gasteiger partial charge in [0, 0.05) is 39.6 Å². The monoisotopic (exact) mass is 617 g/mol. The molecule has 0 saturated carbocycles. The average Bonchev–Trinajstić information content (AvgIpc) is 3.41. The number of fused-ring (bicyclic) bond motifs is 3. The van der Waals surface area contributed by atoms with Gasteiger partial charge in [-0.3, -0.25) is 19.2 Å². The molecule has 3 aromatic carbocycles. The Labute approximate surface area is 253 Å². The Morgan fingerprint density at radius 1 is 1.00 bits per heavy atom. The van der Waals surface area contributed by atoms with E-state index in [-0.39, 0.29) is 23.6 Å². The predicted molar refractivity (Wildman–Crippen MR) is 156 cm³/mol. The highest BCUT2D eigenvalue weighted by atomic mass is 32.2. The highest BCUT2D eigenvalue weighted by molar-refractivity contribution is 7.98. The molecular weight excluding hydrogens is 595 g/mol. The van der Waals surface area contributed by atoms with Crippen molar-refractivity contribution in [2.24, 2.45) is 5.92 Å². The van der Waals surface area contributed by atoms with Gasteiger partial charge in [0.1, 0.15) is 5.69 Å². The lowest BCUT2D eigenvalue weighted by Crippen LogP contribution is -2.29. The van der Waals surface area contributed by atoms with Gasteiger partial charge in [0.2, 0.25) is 17.5 Å². The summed E-state index contributed by atoms with van der Waals surface area (Å²) in [6.07, 6.45) is -4.62. The first kappa shape index (κ1) is 30.2. The van der Waals surface area contributed by atoms with Gasteiger partial charge in [-0.05, 0) is 48.5 Å². The zero-order valence-corrected chi connectivity index (χ0v) is 23.8. The van der Waals surface area contributed by atoms with Crippen LogP contribution in [0.4, 0.5) is 24.5 Å². The molecule has 5 rings (SSSR count). The van der Waals surface area contributed by atoms with Gasteiger partial charge in [-0.15, -0.1) is 11.8 Å². The van der Waals surface area contributed by atoms with Crippen molar-refractivity contribution >= 4 is 46.5 Å². The van der Waals surface area contributed by atoms with Gasteiger partial charge in [-0.25, -0.2) is 4.68 Å². The normalized spacial score (nSPS) is 12.7. The summed E-state index contributed by atoms with van der Waals surface area (Å²) in [5.74, 6) is -5.05. The van der Waals surface area contributed by atoms with E-state index < -0.39 is 41.0 Å². The molecule has 2 N–H and O–H groups in total. The fourth-order valence-electron chi connectivity index (χ4n) is 4.61. The number of hydrogen-bond acceptors (Lipinski definition) is 7. The maximum atomic E-state index is 13.7. The largest absolute Gasteiger partial charge is 0.416 e. The van der Waals surface area contributed by atoms with E-state index in [1.54, 1.807) is 61.5 Å². The first-order valence-corrected chi connectivity index (χ1v) is 14.2. The lowest BCUT2D eigenvalue weighted by Gasteiger charge is -2.20. The smallest absolute Gasteiger partial charge is 0.325 e. The minimum Gasteiger partial charge on any atom is -0.325 e. The van der Waals surface area contributed by atoms with Crippen molar-refractivity contribution < 1.29 is 32.3 Å². The molecule has 2 heterocycles. The van der Waals surface area contributed by atoms with Crippen LogP contribution in [0.15, 0.2) is 77.7 Å². The van der Waals surface area contributed by atoms with Gasteiger partial charge in [-0.2, -0.15) is 23.5 Å². The van der Waals surface area contributed by atoms with E-state index in [0.29, 0.717) is 34.3 Å². The number of thioether (sulfide) groups is 1. The number of carbonyl (C=O) groups excluding carboxylic acids is 4. The molecule has 1 aromatic heterocycles. The third kappa shape index (κ3) is 5.97. The van der Waals surface area contributed by atoms with E-state index in [9.17, 15) is 37.6 Å². The maximum absolute atomic E-state index is 13.7. The summed E-state index contributed by atoms with van der Waals surface area (Å²) in [6.45, 7) is 1.57. The van der Waals surface area contributed by atoms with Crippen molar-refractivity contribution in [3.63, 3.8) is 0 Å². The van der Waals surface area contributed by atoms with Crippen LogP contribution in [-0.2, 0) is 26.3 Å². The molecule has 1 aliphatic rings. The van der Waals surface area contributed by atoms with Crippen LogP contribution in [0.25, 0.3) is 16.9 Å². The number of aromatic nitrogens is 2. The van der Waals surface area contributed by atoms with Crippen molar-refractivity contribution in [2.45, 2.75) is 30.2 Å². The van der Waals surface area contributed by atoms with Crippen molar-refractivity contribution in [3.8, 4) is 23.0 Å². The first-order valence-electron chi connectivity index (χ1n) is 13.2. The Kier molecular flexibility index (Phi) is 8.37. The summed E-state index contributed by atoms with van der Waals surface area (Å²) >= 11 is 1.37. The van der Waals surface area contributed by atoms with Gasteiger partial charge in [0.15, 0.2) is 5.92 Å². The highest BCUT2D eigenvalue weighted by Crippen LogP contribution is 2.45. The molecule has 0 aliphatic carbocycles. The molecule has 222 valence electrons. The van der Waals surface area contributed by atoms with Crippen molar-refractivity contribution in [1.82, 2.24) is 9.78 Å². The molecule has 0 radical (unpaired) electrons. The van der Waals surface area contributed by atoms with Gasteiger partial charge >= 0.3 is 6.18 Å². The van der Waals surface area contributed by atoms with Crippen LogP contribution in [-0.4, -0.2) is 33.2 Å². The second-order valence-electron chi connectivity index (χ2n) is 9.65. The summed E-state index contributed by atoms with van der Waals surface area (Å²) in [7, 11) is 0. The van der Waals surface area contributed by atoms with Crippen LogP contribution in [0, 0.1) is 17.2 Å². The number of nitriles is 1. The number of carbonyl (C=O) groups is 4. The minimum atomic E-state index is -4.66. The molecular formula is C31H22F3N5O4S. The standard InChI is InChI=1S/C31H22F3N5O4S/c1-2-24(40)30(43)37-19-11-12-25-21(14-19)27-23(16-44-25)26(38-39(27)20-9-4-3-5-10-20)28(41)22(15-35)29(42)36-18-8-6-7-17(13-18)31(32,33)34/h3-14,22H,2,16H2,1H3,(H,36,42)(H,37,43). The van der Waals surface area contributed by atoms with Gasteiger partial charge in [-0.1, -0.05) is 31.2 Å². The van der Waals surface area contributed by atoms with Crippen LogP contribution < -0.4 is 10.6 Å². The van der Waals surface area contributed by atoms with E-state index in [1.807, 2.05) is 0 Å². The Morgan fingerprint density at radius 2 is 1.73 bits per heavy atom. The number of ketones is 2. The second-order valence-corrected chi connectivity index (χ2v) is 10.7. The molecule has 0 bridgehead atoms. The highest BCUT2D eigenvalue weighted by Gasteiger charge is 2.36. The van der Waals surface area contributed by atoms with Crippen molar-refractivity contribution in [3.05, 3.63) is 89.6 Å².